The van der Waals surface area contributed by atoms with Gasteiger partial charge in [0.25, 0.3) is 0 Å². The van der Waals surface area contributed by atoms with Crippen molar-refractivity contribution < 1.29 is 26.3 Å². The Kier molecular flexibility index (Phi) is 6.00. The number of rotatable bonds is 7. The number of hydrogen-bond acceptors (Lipinski definition) is 3. The number of nitrogens with one attached hydrogen (secondary N) is 1. The van der Waals surface area contributed by atoms with Crippen LogP contribution in [0.3, 0.4) is 0 Å². The highest BCUT2D eigenvalue weighted by atomic mass is 32.3. The van der Waals surface area contributed by atoms with E-state index in [9.17, 15) is 21.6 Å². The summed E-state index contributed by atoms with van der Waals surface area (Å²) in [7, 11) is 0. The molecular formula is C20H20F3NO3S. The lowest BCUT2D eigenvalue weighted by Gasteiger charge is -2.18. The number of hydrogen-bond donors (Lipinski definition) is 2. The van der Waals surface area contributed by atoms with E-state index in [4.69, 9.17) is 4.74 Å². The highest BCUT2D eigenvalue weighted by Crippen LogP contribution is 2.60. The van der Waals surface area contributed by atoms with Crippen LogP contribution < -0.4 is 10.1 Å². The van der Waals surface area contributed by atoms with Gasteiger partial charge in [-0.25, -0.2) is 0 Å². The molecule has 0 bridgehead atoms. The SMILES string of the molecule is C=CC(=O)NCc1cc(-c2ccc(S(F)(F)F)cc2)c2c(c1CCO)CCO2. The summed E-state index contributed by atoms with van der Waals surface area (Å²) in [4.78, 5) is 10.9. The topological polar surface area (TPSA) is 58.6 Å². The van der Waals surface area contributed by atoms with Crippen LogP contribution in [-0.4, -0.2) is 24.2 Å². The molecule has 0 atom stereocenters. The van der Waals surface area contributed by atoms with Gasteiger partial charge in [0.1, 0.15) is 5.75 Å². The lowest BCUT2D eigenvalue weighted by molar-refractivity contribution is -0.116. The van der Waals surface area contributed by atoms with Gasteiger partial charge >= 0.3 is 0 Å². The molecule has 2 aromatic carbocycles. The van der Waals surface area contributed by atoms with E-state index in [-0.39, 0.29) is 19.1 Å². The number of ether oxygens (including phenoxy) is 1. The zero-order valence-electron chi connectivity index (χ0n) is 15.0. The van der Waals surface area contributed by atoms with Crippen LogP contribution in [-0.2, 0) is 24.2 Å². The molecule has 1 heterocycles. The van der Waals surface area contributed by atoms with Crippen molar-refractivity contribution >= 4 is 17.1 Å². The van der Waals surface area contributed by atoms with Crippen LogP contribution in [0, 0.1) is 0 Å². The number of carbonyl (C=O) groups is 1. The van der Waals surface area contributed by atoms with Crippen LogP contribution in [0.2, 0.25) is 0 Å². The van der Waals surface area contributed by atoms with Crippen LogP contribution in [0.15, 0.2) is 47.9 Å². The van der Waals surface area contributed by atoms with Gasteiger partial charge in [0.2, 0.25) is 17.1 Å². The van der Waals surface area contributed by atoms with Crippen LogP contribution >= 0.6 is 11.2 Å². The van der Waals surface area contributed by atoms with Gasteiger partial charge in [-0.05, 0) is 47.4 Å². The number of carbonyl (C=O) groups excluding carboxylic acids is 1. The fraction of sp³-hybridized carbons (Fsp3) is 0.250. The van der Waals surface area contributed by atoms with Crippen molar-refractivity contribution in [2.75, 3.05) is 13.2 Å². The maximum absolute atomic E-state index is 12.9. The van der Waals surface area contributed by atoms with Crippen LogP contribution in [0.4, 0.5) is 11.7 Å². The molecule has 0 aliphatic carbocycles. The van der Waals surface area contributed by atoms with E-state index >= 15 is 0 Å². The quantitative estimate of drug-likeness (QED) is 0.662. The van der Waals surface area contributed by atoms with Crippen molar-refractivity contribution in [2.45, 2.75) is 24.3 Å². The van der Waals surface area contributed by atoms with Gasteiger partial charge in [0.15, 0.2) is 0 Å². The molecule has 0 saturated heterocycles. The highest BCUT2D eigenvalue weighted by molar-refractivity contribution is 8.20. The minimum atomic E-state index is -5.27. The third kappa shape index (κ3) is 4.18. The van der Waals surface area contributed by atoms with E-state index in [1.165, 1.54) is 18.2 Å². The van der Waals surface area contributed by atoms with E-state index in [2.05, 4.69) is 11.9 Å². The Hall–Kier alpha value is -2.45. The summed E-state index contributed by atoms with van der Waals surface area (Å²) in [5.74, 6) is 0.306. The first kappa shape index (κ1) is 20.3. The maximum Gasteiger partial charge on any atom is 0.243 e. The molecule has 1 amide bonds. The number of amides is 1. The van der Waals surface area contributed by atoms with E-state index in [1.54, 1.807) is 0 Å². The second kappa shape index (κ2) is 8.28. The predicted octanol–water partition coefficient (Wildman–Crippen LogP) is 4.44. The third-order valence-electron chi connectivity index (χ3n) is 4.62. The monoisotopic (exact) mass is 411 g/mol. The molecule has 28 heavy (non-hydrogen) atoms. The van der Waals surface area contributed by atoms with Crippen molar-refractivity contribution in [3.8, 4) is 16.9 Å². The molecule has 0 saturated carbocycles. The first-order valence-electron chi connectivity index (χ1n) is 8.69. The smallest absolute Gasteiger partial charge is 0.243 e. The molecule has 4 nitrogen and oxygen atoms in total. The fourth-order valence-corrected chi connectivity index (χ4v) is 3.79. The molecule has 8 heteroatoms. The number of halogens is 3. The van der Waals surface area contributed by atoms with Crippen molar-refractivity contribution in [1.29, 1.82) is 0 Å². The molecule has 0 fully saturated rings. The number of aliphatic hydroxyl groups is 1. The normalized spacial score (nSPS) is 13.6. The minimum Gasteiger partial charge on any atom is -0.492 e. The third-order valence-corrected chi connectivity index (χ3v) is 5.43. The summed E-state index contributed by atoms with van der Waals surface area (Å²) in [6.45, 7) is 4.06. The van der Waals surface area contributed by atoms with Crippen molar-refractivity contribution in [3.05, 3.63) is 59.7 Å². The molecule has 3 rings (SSSR count). The van der Waals surface area contributed by atoms with Crippen LogP contribution in [0.25, 0.3) is 11.1 Å². The van der Waals surface area contributed by atoms with E-state index in [0.29, 0.717) is 36.3 Å². The van der Waals surface area contributed by atoms with Crippen LogP contribution in [0.1, 0.15) is 16.7 Å². The van der Waals surface area contributed by atoms with E-state index in [0.717, 1.165) is 28.8 Å². The van der Waals surface area contributed by atoms with Gasteiger partial charge in [-0.15, -0.1) is 11.7 Å². The Morgan fingerprint density at radius 2 is 2.00 bits per heavy atom. The maximum atomic E-state index is 12.9. The first-order valence-corrected chi connectivity index (χ1v) is 10.0. The van der Waals surface area contributed by atoms with Gasteiger partial charge < -0.3 is 15.2 Å². The summed E-state index contributed by atoms with van der Waals surface area (Å²) in [6, 6.07) is 6.84. The number of aliphatic hydroxyl groups excluding tert-OH is 1. The van der Waals surface area contributed by atoms with Gasteiger partial charge in [-0.2, -0.15) is 0 Å². The molecule has 0 radical (unpaired) electrons. The summed E-state index contributed by atoms with van der Waals surface area (Å²) >= 11 is -5.27. The Bertz CT molecular complexity index is 895. The minimum absolute atomic E-state index is 0.0583. The second-order valence-corrected chi connectivity index (χ2v) is 7.58. The van der Waals surface area contributed by atoms with Gasteiger partial charge in [-0.3, -0.25) is 4.79 Å². The molecule has 1 aliphatic rings. The van der Waals surface area contributed by atoms with E-state index < -0.39 is 16.1 Å². The number of benzene rings is 2. The Morgan fingerprint density at radius 3 is 2.61 bits per heavy atom. The van der Waals surface area contributed by atoms with Gasteiger partial charge in [0, 0.05) is 30.7 Å². The largest absolute Gasteiger partial charge is 0.492 e. The zero-order valence-corrected chi connectivity index (χ0v) is 15.8. The summed E-state index contributed by atoms with van der Waals surface area (Å²) < 4.78 is 44.6. The fourth-order valence-electron chi connectivity index (χ4n) is 3.34. The molecule has 0 spiro atoms. The second-order valence-electron chi connectivity index (χ2n) is 6.29. The Balaban J connectivity index is 2.07. The van der Waals surface area contributed by atoms with Gasteiger partial charge in [0.05, 0.1) is 11.5 Å². The first-order chi connectivity index (χ1) is 13.3. The van der Waals surface area contributed by atoms with Crippen LogP contribution in [0.5, 0.6) is 5.75 Å². The Labute approximate surface area is 163 Å². The lowest BCUT2D eigenvalue weighted by Crippen LogP contribution is -2.21. The predicted molar refractivity (Wildman–Crippen MR) is 103 cm³/mol. The van der Waals surface area contributed by atoms with Crippen molar-refractivity contribution in [3.63, 3.8) is 0 Å². The molecule has 0 unspecified atom stereocenters. The molecular weight excluding hydrogens is 391 g/mol. The van der Waals surface area contributed by atoms with Crippen molar-refractivity contribution in [2.24, 2.45) is 0 Å². The number of fused-ring (bicyclic) bond motifs is 1. The summed E-state index contributed by atoms with van der Waals surface area (Å²) in [5.41, 5.74) is 3.92. The average molecular weight is 411 g/mol. The molecule has 0 aromatic heterocycles. The van der Waals surface area contributed by atoms with E-state index in [1.807, 2.05) is 6.07 Å². The molecule has 1 aliphatic heterocycles. The van der Waals surface area contributed by atoms with Crippen molar-refractivity contribution in [1.82, 2.24) is 5.32 Å². The molecule has 2 N–H and O–H groups in total. The standard InChI is InChI=1S/C20H20F3NO3S/c1-2-19(26)24-12-14-11-18(13-3-5-15(6-4-13)28(21,22)23)20-17(8-10-27-20)16(14)7-9-25/h2-6,11,25H,1,7-10,12H2,(H,24,26). The zero-order chi connectivity index (χ0) is 20.3. The summed E-state index contributed by atoms with van der Waals surface area (Å²) in [6.07, 6.45) is 2.22. The summed E-state index contributed by atoms with van der Waals surface area (Å²) in [5, 5.41) is 12.2. The van der Waals surface area contributed by atoms with Gasteiger partial charge in [-0.1, -0.05) is 18.7 Å². The Morgan fingerprint density at radius 1 is 1.29 bits per heavy atom. The highest BCUT2D eigenvalue weighted by Gasteiger charge is 2.26. The lowest BCUT2D eigenvalue weighted by atomic mass is 9.91. The average Bonchev–Trinajstić information content (AvgIpc) is 3.16. The molecule has 2 aromatic rings. The molecule has 150 valence electrons.